The largest absolute Gasteiger partial charge is 0.508 e. The average molecular weight is 347 g/mol. The second-order valence-electron chi connectivity index (χ2n) is 5.71. The summed E-state index contributed by atoms with van der Waals surface area (Å²) in [6, 6.07) is 12.1. The maximum atomic E-state index is 12.5. The number of aromatic hydroxyl groups is 1. The van der Waals surface area contributed by atoms with E-state index >= 15 is 0 Å². The summed E-state index contributed by atoms with van der Waals surface area (Å²) < 4.78 is 0. The van der Waals surface area contributed by atoms with E-state index < -0.39 is 11.9 Å². The fourth-order valence-corrected chi connectivity index (χ4v) is 2.42. The lowest BCUT2D eigenvalue weighted by molar-refractivity contribution is -0.118. The van der Waals surface area contributed by atoms with Crippen LogP contribution in [0.1, 0.15) is 24.2 Å². The van der Waals surface area contributed by atoms with Crippen LogP contribution in [0, 0.1) is 5.92 Å². The number of phenols is 1. The molecule has 0 saturated heterocycles. The second kappa shape index (κ2) is 7.84. The number of anilines is 1. The molecule has 1 unspecified atom stereocenters. The van der Waals surface area contributed by atoms with Gasteiger partial charge < -0.3 is 15.7 Å². The van der Waals surface area contributed by atoms with Crippen molar-refractivity contribution in [3.05, 3.63) is 59.1 Å². The molecule has 0 aromatic heterocycles. The molecule has 3 N–H and O–H groups in total. The lowest BCUT2D eigenvalue weighted by Crippen LogP contribution is -2.47. The molecule has 0 aliphatic heterocycles. The first-order valence-corrected chi connectivity index (χ1v) is 7.91. The van der Waals surface area contributed by atoms with Crippen LogP contribution in [0.4, 0.5) is 5.69 Å². The molecule has 5 nitrogen and oxygen atoms in total. The van der Waals surface area contributed by atoms with E-state index in [9.17, 15) is 14.7 Å². The van der Waals surface area contributed by atoms with E-state index in [1.165, 1.54) is 12.1 Å². The first kappa shape index (κ1) is 17.8. The molecule has 0 aliphatic rings. The Morgan fingerprint density at radius 3 is 2.42 bits per heavy atom. The minimum atomic E-state index is -0.740. The molecule has 2 aromatic rings. The first-order valence-electron chi connectivity index (χ1n) is 7.53. The van der Waals surface area contributed by atoms with Gasteiger partial charge in [0.2, 0.25) is 5.91 Å². The van der Waals surface area contributed by atoms with E-state index in [-0.39, 0.29) is 17.6 Å². The van der Waals surface area contributed by atoms with Crippen LogP contribution < -0.4 is 10.6 Å². The van der Waals surface area contributed by atoms with Crippen molar-refractivity contribution in [3.8, 4) is 5.75 Å². The minimum absolute atomic E-state index is 0.0500. The van der Waals surface area contributed by atoms with Gasteiger partial charge in [0.15, 0.2) is 0 Å². The summed E-state index contributed by atoms with van der Waals surface area (Å²) in [4.78, 5) is 24.9. The highest BCUT2D eigenvalue weighted by atomic mass is 35.5. The lowest BCUT2D eigenvalue weighted by atomic mass is 10.0. The maximum absolute atomic E-state index is 12.5. The summed E-state index contributed by atoms with van der Waals surface area (Å²) in [5.74, 6) is -0.857. The van der Waals surface area contributed by atoms with Gasteiger partial charge in [0.25, 0.3) is 5.91 Å². The predicted molar refractivity (Wildman–Crippen MR) is 94.3 cm³/mol. The highest BCUT2D eigenvalue weighted by Gasteiger charge is 2.25. The highest BCUT2D eigenvalue weighted by molar-refractivity contribution is 6.33. The van der Waals surface area contributed by atoms with Crippen molar-refractivity contribution in [2.24, 2.45) is 5.92 Å². The van der Waals surface area contributed by atoms with Crippen molar-refractivity contribution in [2.45, 2.75) is 19.9 Å². The SMILES string of the molecule is CC(C)C(NC(=O)c1ccccc1Cl)C(=O)Nc1cccc(O)c1. The van der Waals surface area contributed by atoms with Crippen LogP contribution in [0.25, 0.3) is 0 Å². The Bertz CT molecular complexity index is 747. The van der Waals surface area contributed by atoms with Gasteiger partial charge in [-0.1, -0.05) is 43.6 Å². The van der Waals surface area contributed by atoms with Crippen molar-refractivity contribution < 1.29 is 14.7 Å². The number of phenolic OH excluding ortho intramolecular Hbond substituents is 1. The molecule has 126 valence electrons. The Morgan fingerprint density at radius 2 is 1.79 bits per heavy atom. The van der Waals surface area contributed by atoms with Crippen LogP contribution in [-0.4, -0.2) is 23.0 Å². The van der Waals surface area contributed by atoms with E-state index in [4.69, 9.17) is 11.6 Å². The van der Waals surface area contributed by atoms with Gasteiger partial charge >= 0.3 is 0 Å². The van der Waals surface area contributed by atoms with Gasteiger partial charge in [-0.25, -0.2) is 0 Å². The summed E-state index contributed by atoms with van der Waals surface area (Å²) in [5, 5.41) is 15.2. The normalized spacial score (nSPS) is 11.8. The third-order valence-electron chi connectivity index (χ3n) is 3.47. The number of halogens is 1. The summed E-state index contributed by atoms with van der Waals surface area (Å²) in [6.07, 6.45) is 0. The van der Waals surface area contributed by atoms with Crippen LogP contribution in [-0.2, 0) is 4.79 Å². The third-order valence-corrected chi connectivity index (χ3v) is 3.80. The Labute approximate surface area is 145 Å². The molecule has 0 saturated carbocycles. The molecule has 2 rings (SSSR count). The number of carbonyl (C=O) groups excluding carboxylic acids is 2. The molecule has 0 radical (unpaired) electrons. The maximum Gasteiger partial charge on any atom is 0.253 e. The van der Waals surface area contributed by atoms with Gasteiger partial charge in [-0.3, -0.25) is 9.59 Å². The standard InChI is InChI=1S/C18H19ClN2O3/c1-11(2)16(18(24)20-12-6-5-7-13(22)10-12)21-17(23)14-8-3-4-9-15(14)19/h3-11,16,22H,1-2H3,(H,20,24)(H,21,23). The number of rotatable bonds is 5. The molecule has 6 heteroatoms. The summed E-state index contributed by atoms with van der Waals surface area (Å²) in [7, 11) is 0. The Balaban J connectivity index is 2.13. The van der Waals surface area contributed by atoms with Gasteiger partial charge in [0, 0.05) is 11.8 Å². The monoisotopic (exact) mass is 346 g/mol. The fraction of sp³-hybridized carbons (Fsp3) is 0.222. The zero-order chi connectivity index (χ0) is 17.7. The van der Waals surface area contributed by atoms with Crippen molar-refractivity contribution in [2.75, 3.05) is 5.32 Å². The molecule has 2 aromatic carbocycles. The number of benzene rings is 2. The molecule has 0 bridgehead atoms. The number of carbonyl (C=O) groups is 2. The van der Waals surface area contributed by atoms with Gasteiger partial charge in [0.05, 0.1) is 10.6 Å². The third kappa shape index (κ3) is 4.49. The Hall–Kier alpha value is -2.53. The fourth-order valence-electron chi connectivity index (χ4n) is 2.20. The number of hydrogen-bond acceptors (Lipinski definition) is 3. The Kier molecular flexibility index (Phi) is 5.82. The molecule has 0 fully saturated rings. The molecule has 0 spiro atoms. The zero-order valence-corrected chi connectivity index (χ0v) is 14.2. The predicted octanol–water partition coefficient (Wildman–Crippen LogP) is 3.44. The molecular weight excluding hydrogens is 328 g/mol. The van der Waals surface area contributed by atoms with Crippen LogP contribution in [0.2, 0.25) is 5.02 Å². The van der Waals surface area contributed by atoms with Crippen molar-refractivity contribution in [1.82, 2.24) is 5.32 Å². The zero-order valence-electron chi connectivity index (χ0n) is 13.4. The van der Waals surface area contributed by atoms with Gasteiger partial charge in [-0.05, 0) is 30.2 Å². The number of nitrogens with one attached hydrogen (secondary N) is 2. The summed E-state index contributed by atoms with van der Waals surface area (Å²) in [6.45, 7) is 3.67. The van der Waals surface area contributed by atoms with E-state index in [0.717, 1.165) is 0 Å². The first-order chi connectivity index (χ1) is 11.4. The van der Waals surface area contributed by atoms with Crippen LogP contribution in [0.3, 0.4) is 0 Å². The average Bonchev–Trinajstić information content (AvgIpc) is 2.52. The summed E-state index contributed by atoms with van der Waals surface area (Å²) >= 11 is 6.02. The van der Waals surface area contributed by atoms with E-state index in [1.54, 1.807) is 36.4 Å². The lowest BCUT2D eigenvalue weighted by Gasteiger charge is -2.22. The Morgan fingerprint density at radius 1 is 1.08 bits per heavy atom. The van der Waals surface area contributed by atoms with Crippen molar-refractivity contribution in [3.63, 3.8) is 0 Å². The summed E-state index contributed by atoms with van der Waals surface area (Å²) in [5.41, 5.74) is 0.771. The molecule has 0 aliphatic carbocycles. The molecule has 0 heterocycles. The molecule has 1 atom stereocenters. The quantitative estimate of drug-likeness (QED) is 0.776. The number of hydrogen-bond donors (Lipinski definition) is 3. The minimum Gasteiger partial charge on any atom is -0.508 e. The van der Waals surface area contributed by atoms with Crippen LogP contribution in [0.5, 0.6) is 5.75 Å². The van der Waals surface area contributed by atoms with Crippen molar-refractivity contribution in [1.29, 1.82) is 0 Å². The second-order valence-corrected chi connectivity index (χ2v) is 6.12. The highest BCUT2D eigenvalue weighted by Crippen LogP contribution is 2.18. The van der Waals surface area contributed by atoms with E-state index in [1.807, 2.05) is 13.8 Å². The smallest absolute Gasteiger partial charge is 0.253 e. The van der Waals surface area contributed by atoms with Gasteiger partial charge in [0.1, 0.15) is 11.8 Å². The van der Waals surface area contributed by atoms with E-state index in [2.05, 4.69) is 10.6 Å². The van der Waals surface area contributed by atoms with E-state index in [0.29, 0.717) is 16.3 Å². The molecular formula is C18H19ClN2O3. The van der Waals surface area contributed by atoms with Crippen LogP contribution >= 0.6 is 11.6 Å². The molecule has 24 heavy (non-hydrogen) atoms. The number of amides is 2. The topological polar surface area (TPSA) is 78.4 Å². The van der Waals surface area contributed by atoms with Crippen molar-refractivity contribution >= 4 is 29.1 Å². The van der Waals surface area contributed by atoms with Crippen LogP contribution in [0.15, 0.2) is 48.5 Å². The molecule has 2 amide bonds. The van der Waals surface area contributed by atoms with Gasteiger partial charge in [-0.15, -0.1) is 0 Å². The van der Waals surface area contributed by atoms with Gasteiger partial charge in [-0.2, -0.15) is 0 Å².